The van der Waals surface area contributed by atoms with Crippen molar-refractivity contribution in [3.05, 3.63) is 47.0 Å². The summed E-state index contributed by atoms with van der Waals surface area (Å²) in [4.78, 5) is 29.9. The summed E-state index contributed by atoms with van der Waals surface area (Å²) >= 11 is 0. The first-order valence-corrected chi connectivity index (χ1v) is 9.61. The standard InChI is InChI=1S/C21H28N4O3/c1-21(2,3)24-19(26)17-16-7-5-6-12-25(16)18(23-17)20(27)22-13-14-8-10-15(28-4)11-9-14/h8-11H,5-7,12-13H2,1-4H3,(H,22,27)(H,24,26). The number of benzene rings is 1. The van der Waals surface area contributed by atoms with Gasteiger partial charge in [-0.25, -0.2) is 4.98 Å². The lowest BCUT2D eigenvalue weighted by atomic mass is 10.1. The van der Waals surface area contributed by atoms with Gasteiger partial charge in [0.15, 0.2) is 5.82 Å². The molecule has 0 atom stereocenters. The van der Waals surface area contributed by atoms with Gasteiger partial charge in [-0.15, -0.1) is 0 Å². The van der Waals surface area contributed by atoms with Gasteiger partial charge in [-0.2, -0.15) is 0 Å². The maximum Gasteiger partial charge on any atom is 0.287 e. The molecule has 0 bridgehead atoms. The third-order valence-corrected chi connectivity index (χ3v) is 4.64. The number of rotatable bonds is 5. The minimum atomic E-state index is -0.362. The Bertz CT molecular complexity index is 863. The van der Waals surface area contributed by atoms with Gasteiger partial charge in [0.1, 0.15) is 11.4 Å². The Morgan fingerprint density at radius 1 is 1.14 bits per heavy atom. The molecule has 3 rings (SSSR count). The lowest BCUT2D eigenvalue weighted by molar-refractivity contribution is 0.0913. The predicted molar refractivity (Wildman–Crippen MR) is 107 cm³/mol. The summed E-state index contributed by atoms with van der Waals surface area (Å²) < 4.78 is 7.04. The average Bonchev–Trinajstić information content (AvgIpc) is 3.05. The van der Waals surface area contributed by atoms with Gasteiger partial charge < -0.3 is 19.9 Å². The van der Waals surface area contributed by atoms with Crippen molar-refractivity contribution >= 4 is 11.8 Å². The van der Waals surface area contributed by atoms with Crippen LogP contribution in [0, 0.1) is 0 Å². The number of fused-ring (bicyclic) bond motifs is 1. The van der Waals surface area contributed by atoms with E-state index < -0.39 is 0 Å². The molecule has 1 aromatic carbocycles. The van der Waals surface area contributed by atoms with E-state index in [1.165, 1.54) is 0 Å². The highest BCUT2D eigenvalue weighted by molar-refractivity contribution is 5.97. The van der Waals surface area contributed by atoms with E-state index in [2.05, 4.69) is 15.6 Å². The van der Waals surface area contributed by atoms with E-state index in [0.717, 1.165) is 36.3 Å². The fourth-order valence-corrected chi connectivity index (χ4v) is 3.30. The lowest BCUT2D eigenvalue weighted by Crippen LogP contribution is -2.41. The van der Waals surface area contributed by atoms with Gasteiger partial charge in [0.05, 0.1) is 12.8 Å². The largest absolute Gasteiger partial charge is 0.497 e. The first kappa shape index (κ1) is 19.9. The number of carbonyl (C=O) groups excluding carboxylic acids is 2. The van der Waals surface area contributed by atoms with Crippen LogP contribution in [0.4, 0.5) is 0 Å². The molecule has 2 amide bonds. The Labute approximate surface area is 165 Å². The molecule has 2 heterocycles. The predicted octanol–water partition coefficient (Wildman–Crippen LogP) is 2.69. The number of carbonyl (C=O) groups is 2. The molecule has 2 N–H and O–H groups in total. The van der Waals surface area contributed by atoms with Crippen molar-refractivity contribution in [1.29, 1.82) is 0 Å². The molecule has 1 aliphatic heterocycles. The minimum Gasteiger partial charge on any atom is -0.497 e. The van der Waals surface area contributed by atoms with Crippen molar-refractivity contribution in [3.8, 4) is 5.75 Å². The number of aromatic nitrogens is 2. The third-order valence-electron chi connectivity index (χ3n) is 4.64. The van der Waals surface area contributed by atoms with E-state index in [0.29, 0.717) is 24.6 Å². The van der Waals surface area contributed by atoms with Crippen molar-refractivity contribution < 1.29 is 14.3 Å². The lowest BCUT2D eigenvalue weighted by Gasteiger charge is -2.21. The summed E-state index contributed by atoms with van der Waals surface area (Å²) in [5.74, 6) is 0.579. The highest BCUT2D eigenvalue weighted by Crippen LogP contribution is 2.22. The van der Waals surface area contributed by atoms with Crippen molar-refractivity contribution in [2.45, 2.75) is 58.7 Å². The van der Waals surface area contributed by atoms with Crippen LogP contribution in [0.1, 0.15) is 66.0 Å². The number of methoxy groups -OCH3 is 1. The number of hydrogen-bond donors (Lipinski definition) is 2. The second-order valence-corrected chi connectivity index (χ2v) is 8.07. The van der Waals surface area contributed by atoms with Crippen molar-refractivity contribution in [2.75, 3.05) is 7.11 Å². The summed E-state index contributed by atoms with van der Waals surface area (Å²) in [6.45, 7) is 6.87. The molecule has 0 aliphatic carbocycles. The smallest absolute Gasteiger partial charge is 0.287 e. The summed E-state index contributed by atoms with van der Waals surface area (Å²) in [5, 5.41) is 5.86. The van der Waals surface area contributed by atoms with Crippen LogP contribution < -0.4 is 15.4 Å². The van der Waals surface area contributed by atoms with Crippen molar-refractivity contribution in [2.24, 2.45) is 0 Å². The molecule has 28 heavy (non-hydrogen) atoms. The number of nitrogens with one attached hydrogen (secondary N) is 2. The molecule has 0 fully saturated rings. The highest BCUT2D eigenvalue weighted by atomic mass is 16.5. The van der Waals surface area contributed by atoms with Crippen LogP contribution in [0.2, 0.25) is 0 Å². The normalized spacial score (nSPS) is 13.6. The highest BCUT2D eigenvalue weighted by Gasteiger charge is 2.28. The molecular formula is C21H28N4O3. The van der Waals surface area contributed by atoms with E-state index in [1.807, 2.05) is 49.6 Å². The van der Waals surface area contributed by atoms with E-state index in [1.54, 1.807) is 7.11 Å². The molecule has 0 spiro atoms. The second-order valence-electron chi connectivity index (χ2n) is 8.07. The molecule has 0 saturated carbocycles. The van der Waals surface area contributed by atoms with Crippen molar-refractivity contribution in [1.82, 2.24) is 20.2 Å². The Hall–Kier alpha value is -2.83. The van der Waals surface area contributed by atoms with E-state index in [4.69, 9.17) is 4.74 Å². The van der Waals surface area contributed by atoms with Crippen LogP contribution in [-0.4, -0.2) is 34.0 Å². The molecule has 1 aliphatic rings. The summed E-state index contributed by atoms with van der Waals surface area (Å²) in [6, 6.07) is 7.52. The molecule has 7 nitrogen and oxygen atoms in total. The van der Waals surface area contributed by atoms with Gasteiger partial charge in [0, 0.05) is 18.6 Å². The topological polar surface area (TPSA) is 85.2 Å². The molecule has 0 radical (unpaired) electrons. The monoisotopic (exact) mass is 384 g/mol. The first-order valence-electron chi connectivity index (χ1n) is 9.61. The van der Waals surface area contributed by atoms with E-state index >= 15 is 0 Å². The Balaban J connectivity index is 1.78. The van der Waals surface area contributed by atoms with Crippen LogP contribution in [-0.2, 0) is 19.5 Å². The molecule has 7 heteroatoms. The fraction of sp³-hybridized carbons (Fsp3) is 0.476. The zero-order chi connectivity index (χ0) is 20.3. The molecule has 0 saturated heterocycles. The number of nitrogens with zero attached hydrogens (tertiary/aromatic N) is 2. The molecule has 0 unspecified atom stereocenters. The summed E-state index contributed by atoms with van der Waals surface area (Å²) in [5.41, 5.74) is 1.82. The average molecular weight is 384 g/mol. The fourth-order valence-electron chi connectivity index (χ4n) is 3.30. The number of imidazole rings is 1. The number of hydrogen-bond acceptors (Lipinski definition) is 4. The zero-order valence-corrected chi connectivity index (χ0v) is 17.0. The summed E-state index contributed by atoms with van der Waals surface area (Å²) in [6.07, 6.45) is 2.72. The van der Waals surface area contributed by atoms with Crippen LogP contribution in [0.15, 0.2) is 24.3 Å². The van der Waals surface area contributed by atoms with Gasteiger partial charge in [-0.05, 0) is 57.7 Å². The van der Waals surface area contributed by atoms with Gasteiger partial charge in [0.25, 0.3) is 11.8 Å². The maximum atomic E-state index is 12.8. The Kier molecular flexibility index (Phi) is 5.72. The SMILES string of the molecule is COc1ccc(CNC(=O)c2nc(C(=O)NC(C)(C)C)c3n2CCCC3)cc1. The van der Waals surface area contributed by atoms with Crippen LogP contribution in [0.3, 0.4) is 0 Å². The first-order chi connectivity index (χ1) is 13.3. The van der Waals surface area contributed by atoms with Crippen LogP contribution in [0.5, 0.6) is 5.75 Å². The second kappa shape index (κ2) is 8.04. The molecule has 1 aromatic heterocycles. The summed E-state index contributed by atoms with van der Waals surface area (Å²) in [7, 11) is 1.62. The van der Waals surface area contributed by atoms with Crippen LogP contribution >= 0.6 is 0 Å². The Morgan fingerprint density at radius 3 is 2.50 bits per heavy atom. The maximum absolute atomic E-state index is 12.8. The van der Waals surface area contributed by atoms with Gasteiger partial charge in [0.2, 0.25) is 0 Å². The number of ether oxygens (including phenoxy) is 1. The Morgan fingerprint density at radius 2 is 1.86 bits per heavy atom. The zero-order valence-electron chi connectivity index (χ0n) is 17.0. The van der Waals surface area contributed by atoms with Gasteiger partial charge >= 0.3 is 0 Å². The minimum absolute atomic E-state index is 0.229. The molecular weight excluding hydrogens is 356 g/mol. The number of amides is 2. The molecule has 150 valence electrons. The third kappa shape index (κ3) is 4.52. The van der Waals surface area contributed by atoms with Crippen LogP contribution in [0.25, 0.3) is 0 Å². The van der Waals surface area contributed by atoms with Gasteiger partial charge in [-0.3, -0.25) is 9.59 Å². The van der Waals surface area contributed by atoms with Gasteiger partial charge in [-0.1, -0.05) is 12.1 Å². The van der Waals surface area contributed by atoms with Crippen molar-refractivity contribution in [3.63, 3.8) is 0 Å². The molecule has 2 aromatic rings. The van der Waals surface area contributed by atoms with E-state index in [9.17, 15) is 9.59 Å². The quantitative estimate of drug-likeness (QED) is 0.830. The van der Waals surface area contributed by atoms with E-state index in [-0.39, 0.29) is 17.4 Å².